The van der Waals surface area contributed by atoms with Crippen LogP contribution in [-0.4, -0.2) is 46.2 Å². The van der Waals surface area contributed by atoms with E-state index >= 15 is 0 Å². The number of carbonyl (C=O) groups is 2. The zero-order valence-corrected chi connectivity index (χ0v) is 21.6. The van der Waals surface area contributed by atoms with Gasteiger partial charge in [-0.05, 0) is 81.5 Å². The highest BCUT2D eigenvalue weighted by molar-refractivity contribution is 7.97. The number of hydrazine groups is 1. The van der Waals surface area contributed by atoms with Gasteiger partial charge in [0.1, 0.15) is 17.5 Å². The van der Waals surface area contributed by atoms with Gasteiger partial charge in [0, 0.05) is 34.5 Å². The molecule has 1 fully saturated rings. The van der Waals surface area contributed by atoms with E-state index in [1.165, 1.54) is 24.1 Å². The number of hydrogen-bond acceptors (Lipinski definition) is 5. The molecule has 0 spiro atoms. The number of halogens is 3. The lowest BCUT2D eigenvalue weighted by molar-refractivity contribution is -0.157. The number of nitrogens with zero attached hydrogens (tertiary/aromatic N) is 2. The van der Waals surface area contributed by atoms with Crippen LogP contribution in [0.3, 0.4) is 0 Å². The van der Waals surface area contributed by atoms with Crippen molar-refractivity contribution in [1.29, 1.82) is 0 Å². The van der Waals surface area contributed by atoms with Crippen molar-refractivity contribution in [2.75, 3.05) is 13.1 Å². The first kappa shape index (κ1) is 26.6. The average molecular weight is 528 g/mol. The molecule has 10 heteroatoms. The molecule has 2 aromatic rings. The van der Waals surface area contributed by atoms with E-state index in [4.69, 9.17) is 27.9 Å². The van der Waals surface area contributed by atoms with Crippen LogP contribution in [0.4, 0.5) is 9.18 Å². The molecular weight excluding hydrogens is 500 g/mol. The predicted octanol–water partition coefficient (Wildman–Crippen LogP) is 6.12. The number of esters is 1. The van der Waals surface area contributed by atoms with Crippen molar-refractivity contribution in [2.24, 2.45) is 0 Å². The van der Waals surface area contributed by atoms with Gasteiger partial charge in [-0.25, -0.2) is 19.0 Å². The minimum atomic E-state index is -0.938. The molecule has 1 heterocycles. The van der Waals surface area contributed by atoms with E-state index in [-0.39, 0.29) is 12.2 Å². The highest BCUT2D eigenvalue weighted by Gasteiger charge is 2.32. The van der Waals surface area contributed by atoms with E-state index in [1.807, 2.05) is 4.41 Å². The van der Waals surface area contributed by atoms with Crippen LogP contribution in [-0.2, 0) is 16.0 Å². The van der Waals surface area contributed by atoms with Crippen LogP contribution in [0.2, 0.25) is 10.0 Å². The summed E-state index contributed by atoms with van der Waals surface area (Å²) >= 11 is 13.6. The van der Waals surface area contributed by atoms with Crippen molar-refractivity contribution in [3.05, 3.63) is 63.9 Å². The quantitative estimate of drug-likeness (QED) is 0.362. The summed E-state index contributed by atoms with van der Waals surface area (Å²) in [7, 11) is 0. The van der Waals surface area contributed by atoms with Crippen molar-refractivity contribution in [3.8, 4) is 0 Å². The maximum Gasteiger partial charge on any atom is 0.333 e. The molecule has 0 aromatic heterocycles. The molecule has 0 radical (unpaired) electrons. The third-order valence-electron chi connectivity index (χ3n) is 4.86. The molecule has 2 amide bonds. The lowest BCUT2D eigenvalue weighted by Crippen LogP contribution is -2.55. The number of carbonyl (C=O) groups excluding carboxylic acids is 2. The van der Waals surface area contributed by atoms with Crippen molar-refractivity contribution in [1.82, 2.24) is 14.7 Å². The molecule has 184 valence electrons. The Balaban J connectivity index is 1.76. The summed E-state index contributed by atoms with van der Waals surface area (Å²) in [6.07, 6.45) is 1.91. The largest absolute Gasteiger partial charge is 0.458 e. The number of ether oxygens (including phenoxy) is 1. The Hall–Kier alpha value is -2.00. The monoisotopic (exact) mass is 527 g/mol. The summed E-state index contributed by atoms with van der Waals surface area (Å²) in [6, 6.07) is 9.67. The van der Waals surface area contributed by atoms with Gasteiger partial charge in [-0.15, -0.1) is 0 Å². The SMILES string of the molecule is CC(C)(C)OC(=O)[C@H](Cc1ccc(F)cc1)NC(=O)N1CCCCN1Sc1cc(Cl)cc(Cl)c1. The van der Waals surface area contributed by atoms with Gasteiger partial charge < -0.3 is 10.1 Å². The van der Waals surface area contributed by atoms with Crippen molar-refractivity contribution >= 4 is 47.2 Å². The van der Waals surface area contributed by atoms with Crippen LogP contribution >= 0.6 is 35.1 Å². The molecule has 1 saturated heterocycles. The Bertz CT molecular complexity index is 997. The average Bonchev–Trinajstić information content (AvgIpc) is 2.73. The van der Waals surface area contributed by atoms with Gasteiger partial charge in [-0.3, -0.25) is 0 Å². The number of amides is 2. The zero-order valence-electron chi connectivity index (χ0n) is 19.3. The summed E-state index contributed by atoms with van der Waals surface area (Å²) < 4.78 is 20.7. The smallest absolute Gasteiger partial charge is 0.333 e. The van der Waals surface area contributed by atoms with Crippen LogP contribution in [0.25, 0.3) is 0 Å². The summed E-state index contributed by atoms with van der Waals surface area (Å²) in [5.74, 6) is -0.924. The highest BCUT2D eigenvalue weighted by Crippen LogP contribution is 2.32. The van der Waals surface area contributed by atoms with Gasteiger partial charge in [0.25, 0.3) is 0 Å². The Morgan fingerprint density at radius 2 is 1.71 bits per heavy atom. The Morgan fingerprint density at radius 3 is 2.32 bits per heavy atom. The standard InChI is InChI=1S/C24H28Cl2FN3O3S/c1-24(2,3)33-22(31)21(12-16-6-8-19(27)9-7-16)28-23(32)29-10-4-5-11-30(29)34-20-14-17(25)13-18(26)15-20/h6-9,13-15,21H,4-5,10-12H2,1-3H3,(H,28,32)/t21-/m0/s1. The molecule has 0 unspecified atom stereocenters. The lowest BCUT2D eigenvalue weighted by atomic mass is 10.1. The van der Waals surface area contributed by atoms with Crippen molar-refractivity contribution in [2.45, 2.75) is 56.6 Å². The molecule has 0 aliphatic carbocycles. The lowest BCUT2D eigenvalue weighted by Gasteiger charge is -2.38. The molecule has 0 saturated carbocycles. The van der Waals surface area contributed by atoms with Crippen LogP contribution in [0.1, 0.15) is 39.2 Å². The second-order valence-corrected chi connectivity index (χ2v) is 10.9. The molecule has 3 rings (SSSR count). The Morgan fingerprint density at radius 1 is 1.09 bits per heavy atom. The van der Waals surface area contributed by atoms with Crippen LogP contribution in [0.15, 0.2) is 47.4 Å². The fourth-order valence-electron chi connectivity index (χ4n) is 3.39. The molecule has 1 aliphatic rings. The Labute approximate surface area is 213 Å². The number of hydrogen-bond donors (Lipinski definition) is 1. The van der Waals surface area contributed by atoms with Gasteiger partial charge in [-0.1, -0.05) is 35.3 Å². The second-order valence-electron chi connectivity index (χ2n) is 8.97. The van der Waals surface area contributed by atoms with Gasteiger partial charge in [-0.2, -0.15) is 4.41 Å². The molecule has 34 heavy (non-hydrogen) atoms. The minimum absolute atomic E-state index is 0.172. The predicted molar refractivity (Wildman–Crippen MR) is 133 cm³/mol. The number of nitrogens with one attached hydrogen (secondary N) is 1. The first-order chi connectivity index (χ1) is 16.0. The fraction of sp³-hybridized carbons (Fsp3) is 0.417. The van der Waals surface area contributed by atoms with E-state index < -0.39 is 23.6 Å². The van der Waals surface area contributed by atoms with E-state index in [2.05, 4.69) is 5.32 Å². The molecular formula is C24H28Cl2FN3O3S. The van der Waals surface area contributed by atoms with Crippen molar-refractivity contribution in [3.63, 3.8) is 0 Å². The number of benzene rings is 2. The van der Waals surface area contributed by atoms with Gasteiger partial charge in [0.15, 0.2) is 0 Å². The summed E-state index contributed by atoms with van der Waals surface area (Å²) in [4.78, 5) is 27.0. The normalized spacial score (nSPS) is 15.6. The molecule has 2 aromatic carbocycles. The molecule has 0 bridgehead atoms. The third kappa shape index (κ3) is 8.05. The molecule has 1 N–H and O–H groups in total. The van der Waals surface area contributed by atoms with Crippen LogP contribution < -0.4 is 5.32 Å². The van der Waals surface area contributed by atoms with Gasteiger partial charge in [0.2, 0.25) is 0 Å². The number of rotatable bonds is 6. The molecule has 1 aliphatic heterocycles. The van der Waals surface area contributed by atoms with Crippen LogP contribution in [0, 0.1) is 5.82 Å². The zero-order chi connectivity index (χ0) is 24.9. The maximum atomic E-state index is 13.3. The first-order valence-electron chi connectivity index (χ1n) is 11.0. The molecule has 1 atom stereocenters. The van der Waals surface area contributed by atoms with Gasteiger partial charge in [0.05, 0.1) is 0 Å². The first-order valence-corrected chi connectivity index (χ1v) is 12.5. The minimum Gasteiger partial charge on any atom is -0.458 e. The highest BCUT2D eigenvalue weighted by atomic mass is 35.5. The summed E-state index contributed by atoms with van der Waals surface area (Å²) in [5.41, 5.74) is -0.0159. The van der Waals surface area contributed by atoms with E-state index in [1.54, 1.807) is 56.1 Å². The van der Waals surface area contributed by atoms with E-state index in [9.17, 15) is 14.0 Å². The molecule has 6 nitrogen and oxygen atoms in total. The number of urea groups is 1. The summed E-state index contributed by atoms with van der Waals surface area (Å²) in [5, 5.41) is 5.41. The maximum absolute atomic E-state index is 13.3. The Kier molecular flexibility index (Phi) is 9.09. The van der Waals surface area contributed by atoms with Crippen molar-refractivity contribution < 1.29 is 18.7 Å². The van der Waals surface area contributed by atoms with Crippen LogP contribution in [0.5, 0.6) is 0 Å². The van der Waals surface area contributed by atoms with E-state index in [0.717, 1.165) is 17.7 Å². The second kappa shape index (κ2) is 11.6. The van der Waals surface area contributed by atoms with E-state index in [0.29, 0.717) is 28.7 Å². The van der Waals surface area contributed by atoms with Gasteiger partial charge >= 0.3 is 12.0 Å². The third-order valence-corrected chi connectivity index (χ3v) is 6.34. The fourth-order valence-corrected chi connectivity index (χ4v) is 5.12. The topological polar surface area (TPSA) is 61.9 Å². The summed E-state index contributed by atoms with van der Waals surface area (Å²) in [6.45, 7) is 6.42.